The van der Waals surface area contributed by atoms with Crippen molar-refractivity contribution in [2.75, 3.05) is 4.90 Å². The van der Waals surface area contributed by atoms with Crippen molar-refractivity contribution in [1.29, 1.82) is 0 Å². The predicted octanol–water partition coefficient (Wildman–Crippen LogP) is 2.34. The summed E-state index contributed by atoms with van der Waals surface area (Å²) in [6, 6.07) is 14.8. The summed E-state index contributed by atoms with van der Waals surface area (Å²) in [6.45, 7) is 0. The van der Waals surface area contributed by atoms with Gasteiger partial charge >= 0.3 is 0 Å². The molecule has 1 fully saturated rings. The summed E-state index contributed by atoms with van der Waals surface area (Å²) < 4.78 is 0. The highest BCUT2D eigenvalue weighted by atomic mass is 32.1. The van der Waals surface area contributed by atoms with Crippen LogP contribution in [0, 0.1) is 0 Å². The molecule has 2 aromatic rings. The fourth-order valence-electron chi connectivity index (χ4n) is 1.96. The van der Waals surface area contributed by atoms with Gasteiger partial charge in [0.2, 0.25) is 0 Å². The van der Waals surface area contributed by atoms with Gasteiger partial charge in [-0.25, -0.2) is 0 Å². The quantitative estimate of drug-likeness (QED) is 0.678. The van der Waals surface area contributed by atoms with Crippen LogP contribution >= 0.6 is 12.2 Å². The number of carbonyl (C=O) groups excluding carboxylic acids is 1. The number of amides is 1. The van der Waals surface area contributed by atoms with Gasteiger partial charge in [0.05, 0.1) is 11.4 Å². The van der Waals surface area contributed by atoms with Gasteiger partial charge < -0.3 is 5.32 Å². The number of aromatic nitrogens is 1. The Balaban J connectivity index is 1.93. The van der Waals surface area contributed by atoms with Gasteiger partial charge in [-0.15, -0.1) is 0 Å². The molecule has 1 aliphatic rings. The second-order valence-corrected chi connectivity index (χ2v) is 4.61. The largest absolute Gasteiger partial charge is 0.327 e. The predicted molar refractivity (Wildman–Crippen MR) is 81.9 cm³/mol. The Labute approximate surface area is 121 Å². The minimum absolute atomic E-state index is 0.174. The van der Waals surface area contributed by atoms with Gasteiger partial charge in [0.1, 0.15) is 5.70 Å². The van der Waals surface area contributed by atoms with Crippen molar-refractivity contribution in [1.82, 2.24) is 10.3 Å². The number of rotatable bonds is 2. The SMILES string of the molecule is O=C1/C(=C\c2ccccn2)NC(=S)N1c1ccccc1. The Morgan fingerprint density at radius 2 is 1.85 bits per heavy atom. The first kappa shape index (κ1) is 12.5. The highest BCUT2D eigenvalue weighted by molar-refractivity contribution is 7.80. The van der Waals surface area contributed by atoms with Gasteiger partial charge in [0.25, 0.3) is 5.91 Å². The summed E-state index contributed by atoms with van der Waals surface area (Å²) in [4.78, 5) is 18.0. The zero-order chi connectivity index (χ0) is 13.9. The molecule has 0 radical (unpaired) electrons. The molecule has 0 saturated carbocycles. The van der Waals surface area contributed by atoms with E-state index < -0.39 is 0 Å². The van der Waals surface area contributed by atoms with E-state index in [-0.39, 0.29) is 5.91 Å². The molecular weight excluding hydrogens is 270 g/mol. The van der Waals surface area contributed by atoms with Crippen molar-refractivity contribution in [3.05, 3.63) is 66.1 Å². The molecule has 4 nitrogen and oxygen atoms in total. The van der Waals surface area contributed by atoms with Crippen LogP contribution in [0.2, 0.25) is 0 Å². The highest BCUT2D eigenvalue weighted by Crippen LogP contribution is 2.21. The van der Waals surface area contributed by atoms with Gasteiger partial charge in [-0.1, -0.05) is 24.3 Å². The number of para-hydroxylation sites is 1. The van der Waals surface area contributed by atoms with Gasteiger partial charge in [-0.05, 0) is 42.6 Å². The molecule has 1 aromatic heterocycles. The van der Waals surface area contributed by atoms with Crippen LogP contribution in [-0.2, 0) is 4.79 Å². The monoisotopic (exact) mass is 281 g/mol. The first-order chi connectivity index (χ1) is 9.75. The zero-order valence-corrected chi connectivity index (χ0v) is 11.3. The standard InChI is InChI=1S/C15H11N3OS/c19-14-13(10-11-6-4-5-9-16-11)17-15(20)18(14)12-7-2-1-3-8-12/h1-10H,(H,17,20)/b13-10+. The third kappa shape index (κ3) is 2.31. The second-order valence-electron chi connectivity index (χ2n) is 4.22. The Bertz CT molecular complexity index is 683. The van der Waals surface area contributed by atoms with E-state index in [1.165, 1.54) is 4.90 Å². The average molecular weight is 281 g/mol. The van der Waals surface area contributed by atoms with E-state index in [4.69, 9.17) is 12.2 Å². The van der Waals surface area contributed by atoms with Gasteiger partial charge in [-0.2, -0.15) is 0 Å². The minimum atomic E-state index is -0.174. The van der Waals surface area contributed by atoms with E-state index in [0.717, 1.165) is 5.69 Å². The summed E-state index contributed by atoms with van der Waals surface area (Å²) in [7, 11) is 0. The second kappa shape index (κ2) is 5.22. The van der Waals surface area contributed by atoms with E-state index in [2.05, 4.69) is 10.3 Å². The lowest BCUT2D eigenvalue weighted by Crippen LogP contribution is -2.30. The fraction of sp³-hybridized carbons (Fsp3) is 0. The lowest BCUT2D eigenvalue weighted by Gasteiger charge is -2.13. The van der Waals surface area contributed by atoms with Crippen LogP contribution in [0.1, 0.15) is 5.69 Å². The summed E-state index contributed by atoms with van der Waals surface area (Å²) in [6.07, 6.45) is 3.37. The van der Waals surface area contributed by atoms with Crippen LogP contribution in [-0.4, -0.2) is 16.0 Å². The molecule has 98 valence electrons. The molecule has 2 heterocycles. The van der Waals surface area contributed by atoms with E-state index >= 15 is 0 Å². The Morgan fingerprint density at radius 3 is 2.55 bits per heavy atom. The minimum Gasteiger partial charge on any atom is -0.327 e. The lowest BCUT2D eigenvalue weighted by atomic mass is 10.2. The van der Waals surface area contributed by atoms with Crippen molar-refractivity contribution in [3.63, 3.8) is 0 Å². The van der Waals surface area contributed by atoms with Crippen molar-refractivity contribution in [2.45, 2.75) is 0 Å². The van der Waals surface area contributed by atoms with E-state index in [1.807, 2.05) is 48.5 Å². The van der Waals surface area contributed by atoms with Crippen molar-refractivity contribution < 1.29 is 4.79 Å². The molecule has 0 atom stereocenters. The third-order valence-electron chi connectivity index (χ3n) is 2.87. The maximum Gasteiger partial charge on any atom is 0.281 e. The molecule has 0 spiro atoms. The number of hydrogen-bond acceptors (Lipinski definition) is 3. The summed E-state index contributed by atoms with van der Waals surface area (Å²) in [5, 5.41) is 3.31. The average Bonchev–Trinajstić information content (AvgIpc) is 2.75. The molecule has 0 bridgehead atoms. The summed E-state index contributed by atoms with van der Waals surface area (Å²) >= 11 is 5.23. The molecule has 0 aliphatic carbocycles. The van der Waals surface area contributed by atoms with E-state index in [9.17, 15) is 4.79 Å². The normalized spacial score (nSPS) is 16.6. The highest BCUT2D eigenvalue weighted by Gasteiger charge is 2.31. The maximum absolute atomic E-state index is 12.4. The number of nitrogens with one attached hydrogen (secondary N) is 1. The molecule has 20 heavy (non-hydrogen) atoms. The topological polar surface area (TPSA) is 45.2 Å². The molecule has 1 saturated heterocycles. The smallest absolute Gasteiger partial charge is 0.281 e. The Hall–Kier alpha value is -2.53. The number of anilines is 1. The number of hydrogen-bond donors (Lipinski definition) is 1. The van der Waals surface area contributed by atoms with Crippen LogP contribution in [0.3, 0.4) is 0 Å². The number of benzene rings is 1. The summed E-state index contributed by atoms with van der Waals surface area (Å²) in [5.74, 6) is -0.174. The van der Waals surface area contributed by atoms with Crippen LogP contribution in [0.4, 0.5) is 5.69 Å². The number of carbonyl (C=O) groups is 1. The van der Waals surface area contributed by atoms with Crippen molar-refractivity contribution in [2.24, 2.45) is 0 Å². The van der Waals surface area contributed by atoms with Crippen molar-refractivity contribution >= 4 is 35.0 Å². The molecule has 0 unspecified atom stereocenters. The van der Waals surface area contributed by atoms with Gasteiger partial charge in [0.15, 0.2) is 5.11 Å². The maximum atomic E-state index is 12.4. The van der Waals surface area contributed by atoms with Crippen LogP contribution in [0.5, 0.6) is 0 Å². The number of pyridine rings is 1. The van der Waals surface area contributed by atoms with Gasteiger partial charge in [-0.3, -0.25) is 14.7 Å². The zero-order valence-electron chi connectivity index (χ0n) is 10.5. The molecule has 5 heteroatoms. The Morgan fingerprint density at radius 1 is 1.10 bits per heavy atom. The Kier molecular flexibility index (Phi) is 3.26. The molecule has 1 aliphatic heterocycles. The van der Waals surface area contributed by atoms with E-state index in [0.29, 0.717) is 16.5 Å². The van der Waals surface area contributed by atoms with Crippen LogP contribution < -0.4 is 10.2 Å². The first-order valence-corrected chi connectivity index (χ1v) is 6.50. The number of thiocarbonyl (C=S) groups is 1. The van der Waals surface area contributed by atoms with E-state index in [1.54, 1.807) is 12.3 Å². The molecule has 1 aromatic carbocycles. The van der Waals surface area contributed by atoms with Gasteiger partial charge in [0, 0.05) is 6.20 Å². The first-order valence-electron chi connectivity index (χ1n) is 6.09. The lowest BCUT2D eigenvalue weighted by molar-refractivity contribution is -0.113. The fourth-order valence-corrected chi connectivity index (χ4v) is 2.25. The summed E-state index contributed by atoms with van der Waals surface area (Å²) in [5.41, 5.74) is 1.89. The molecule has 1 amide bonds. The van der Waals surface area contributed by atoms with Crippen molar-refractivity contribution in [3.8, 4) is 0 Å². The third-order valence-corrected chi connectivity index (χ3v) is 3.16. The van der Waals surface area contributed by atoms with Crippen LogP contribution in [0.15, 0.2) is 60.4 Å². The molecular formula is C15H11N3OS. The number of nitrogens with zero attached hydrogens (tertiary/aromatic N) is 2. The molecule has 1 N–H and O–H groups in total. The van der Waals surface area contributed by atoms with Crippen LogP contribution in [0.25, 0.3) is 6.08 Å². The molecule has 3 rings (SSSR count).